The molecule has 1 aromatic rings. The summed E-state index contributed by atoms with van der Waals surface area (Å²) in [5.74, 6) is -0.262. The Hall–Kier alpha value is -2.04. The van der Waals surface area contributed by atoms with Crippen LogP contribution in [-0.2, 0) is 15.1 Å². The lowest BCUT2D eigenvalue weighted by atomic mass is 9.84. The quantitative estimate of drug-likeness (QED) is 0.669. The van der Waals surface area contributed by atoms with Gasteiger partial charge in [-0.15, -0.1) is 0 Å². The first-order chi connectivity index (χ1) is 9.16. The number of esters is 1. The molecule has 2 heterocycles. The number of ether oxygens (including phenoxy) is 2. The number of hydrogen-bond acceptors (Lipinski definition) is 4. The highest BCUT2D eigenvalue weighted by Crippen LogP contribution is 2.43. The van der Waals surface area contributed by atoms with E-state index >= 15 is 0 Å². The van der Waals surface area contributed by atoms with Gasteiger partial charge >= 0.3 is 12.1 Å². The smallest absolute Gasteiger partial charge is 0.409 e. The molecule has 3 rings (SSSR count). The molecule has 0 unspecified atom stereocenters. The second-order valence-corrected chi connectivity index (χ2v) is 4.89. The van der Waals surface area contributed by atoms with Gasteiger partial charge in [0.05, 0.1) is 12.7 Å². The van der Waals surface area contributed by atoms with E-state index in [2.05, 4.69) is 0 Å². The molecule has 0 aromatic heterocycles. The van der Waals surface area contributed by atoms with Crippen molar-refractivity contribution in [1.29, 1.82) is 0 Å². The predicted molar refractivity (Wildman–Crippen MR) is 66.7 cm³/mol. The Morgan fingerprint density at radius 1 is 1.32 bits per heavy atom. The van der Waals surface area contributed by atoms with Crippen LogP contribution in [0.2, 0.25) is 0 Å². The highest BCUT2D eigenvalue weighted by Gasteiger charge is 2.47. The van der Waals surface area contributed by atoms with Crippen molar-refractivity contribution in [3.63, 3.8) is 0 Å². The highest BCUT2D eigenvalue weighted by atomic mass is 16.6. The van der Waals surface area contributed by atoms with Crippen LogP contribution in [0.5, 0.6) is 0 Å². The van der Waals surface area contributed by atoms with Crippen LogP contribution in [0.3, 0.4) is 0 Å². The summed E-state index contributed by atoms with van der Waals surface area (Å²) < 4.78 is 10.3. The minimum atomic E-state index is -0.557. The molecule has 0 radical (unpaired) electrons. The number of carbonyl (C=O) groups is 2. The summed E-state index contributed by atoms with van der Waals surface area (Å²) in [5.41, 5.74) is 1.04. The highest BCUT2D eigenvalue weighted by molar-refractivity contribution is 5.94. The number of methoxy groups -OCH3 is 1. The van der Waals surface area contributed by atoms with Gasteiger partial charge in [-0.2, -0.15) is 0 Å². The van der Waals surface area contributed by atoms with Crippen LogP contribution >= 0.6 is 0 Å². The Bertz CT molecular complexity index is 532. The van der Waals surface area contributed by atoms with Gasteiger partial charge in [-0.05, 0) is 6.07 Å². The monoisotopic (exact) mass is 261 g/mol. The number of rotatable bonds is 0. The van der Waals surface area contributed by atoms with Gasteiger partial charge in [-0.3, -0.25) is 0 Å². The summed E-state index contributed by atoms with van der Waals surface area (Å²) in [6.07, 6.45) is 0.905. The fourth-order valence-corrected chi connectivity index (χ4v) is 2.90. The van der Waals surface area contributed by atoms with E-state index in [0.717, 1.165) is 5.56 Å². The molecule has 0 atom stereocenters. The van der Waals surface area contributed by atoms with Gasteiger partial charge in [-0.1, -0.05) is 18.2 Å². The van der Waals surface area contributed by atoms with Crippen molar-refractivity contribution in [3.05, 3.63) is 35.4 Å². The molecule has 1 spiro atoms. The fraction of sp³-hybridized carbons (Fsp3) is 0.429. The van der Waals surface area contributed by atoms with Crippen molar-refractivity contribution in [3.8, 4) is 0 Å². The first kappa shape index (κ1) is 12.0. The van der Waals surface area contributed by atoms with Crippen LogP contribution in [0.1, 0.15) is 28.8 Å². The van der Waals surface area contributed by atoms with Crippen molar-refractivity contribution >= 4 is 12.1 Å². The van der Waals surface area contributed by atoms with Crippen molar-refractivity contribution in [2.75, 3.05) is 20.2 Å². The van der Waals surface area contributed by atoms with Crippen molar-refractivity contribution in [1.82, 2.24) is 4.90 Å². The Balaban J connectivity index is 1.85. The average molecular weight is 261 g/mol. The number of amides is 1. The topological polar surface area (TPSA) is 55.8 Å². The second kappa shape index (κ2) is 4.26. The molecule has 1 amide bonds. The van der Waals surface area contributed by atoms with Crippen molar-refractivity contribution in [2.45, 2.75) is 18.4 Å². The lowest BCUT2D eigenvalue weighted by Crippen LogP contribution is -2.45. The second-order valence-electron chi connectivity index (χ2n) is 4.89. The minimum absolute atomic E-state index is 0.262. The van der Waals surface area contributed by atoms with Gasteiger partial charge in [0, 0.05) is 31.5 Å². The van der Waals surface area contributed by atoms with Crippen molar-refractivity contribution < 1.29 is 19.1 Å². The summed E-state index contributed by atoms with van der Waals surface area (Å²) in [4.78, 5) is 25.0. The minimum Gasteiger partial charge on any atom is -0.453 e. The molecule has 2 aliphatic rings. The standard InChI is InChI=1S/C14H15NO4/c1-18-13(17)15-8-6-14(7-9-15)11-5-3-2-4-10(11)12(16)19-14/h2-5H,6-9H2,1H3. The summed E-state index contributed by atoms with van der Waals surface area (Å²) in [5, 5.41) is 0. The molecule has 0 bridgehead atoms. The molecule has 1 saturated heterocycles. The molecular formula is C14H15NO4. The average Bonchev–Trinajstić information content (AvgIpc) is 2.72. The molecule has 19 heavy (non-hydrogen) atoms. The Kier molecular flexibility index (Phi) is 2.69. The van der Waals surface area contributed by atoms with Gasteiger partial charge in [0.25, 0.3) is 0 Å². The van der Waals surface area contributed by atoms with E-state index in [-0.39, 0.29) is 12.1 Å². The SMILES string of the molecule is COC(=O)N1CCC2(CC1)OC(=O)c1ccccc12. The Morgan fingerprint density at radius 2 is 2.00 bits per heavy atom. The zero-order valence-electron chi connectivity index (χ0n) is 10.7. The van der Waals surface area contributed by atoms with E-state index in [1.54, 1.807) is 11.0 Å². The Morgan fingerprint density at radius 3 is 2.68 bits per heavy atom. The van der Waals surface area contributed by atoms with E-state index in [0.29, 0.717) is 31.5 Å². The lowest BCUT2D eigenvalue weighted by molar-refractivity contribution is -0.0403. The van der Waals surface area contributed by atoms with Crippen LogP contribution in [-0.4, -0.2) is 37.2 Å². The maximum absolute atomic E-state index is 11.9. The van der Waals surface area contributed by atoms with Crippen LogP contribution in [0.15, 0.2) is 24.3 Å². The third-order valence-electron chi connectivity index (χ3n) is 3.93. The number of nitrogens with zero attached hydrogens (tertiary/aromatic N) is 1. The molecule has 5 heteroatoms. The van der Waals surface area contributed by atoms with Crippen LogP contribution in [0.4, 0.5) is 4.79 Å². The number of likely N-dealkylation sites (tertiary alicyclic amines) is 1. The van der Waals surface area contributed by atoms with Gasteiger partial charge in [0.1, 0.15) is 5.60 Å². The maximum atomic E-state index is 11.9. The zero-order chi connectivity index (χ0) is 13.5. The predicted octanol–water partition coefficient (Wildman–Crippen LogP) is 1.91. The molecule has 1 aromatic carbocycles. The normalized spacial score (nSPS) is 20.1. The molecular weight excluding hydrogens is 246 g/mol. The number of fused-ring (bicyclic) bond motifs is 2. The summed E-state index contributed by atoms with van der Waals surface area (Å²) >= 11 is 0. The molecule has 2 aliphatic heterocycles. The van der Waals surface area contributed by atoms with E-state index in [1.807, 2.05) is 18.2 Å². The molecule has 5 nitrogen and oxygen atoms in total. The number of hydrogen-bond donors (Lipinski definition) is 0. The Labute approximate surface area is 111 Å². The maximum Gasteiger partial charge on any atom is 0.409 e. The molecule has 0 aliphatic carbocycles. The fourth-order valence-electron chi connectivity index (χ4n) is 2.90. The lowest BCUT2D eigenvalue weighted by Gasteiger charge is -2.37. The van der Waals surface area contributed by atoms with E-state index in [9.17, 15) is 9.59 Å². The van der Waals surface area contributed by atoms with Gasteiger partial charge in [-0.25, -0.2) is 9.59 Å². The molecule has 0 N–H and O–H groups in total. The van der Waals surface area contributed by atoms with Gasteiger partial charge in [0.15, 0.2) is 0 Å². The summed E-state index contributed by atoms with van der Waals surface area (Å²) in [6, 6.07) is 7.48. The van der Waals surface area contributed by atoms with E-state index < -0.39 is 5.60 Å². The number of benzene rings is 1. The summed E-state index contributed by atoms with van der Waals surface area (Å²) in [7, 11) is 1.37. The molecule has 1 fully saturated rings. The largest absolute Gasteiger partial charge is 0.453 e. The van der Waals surface area contributed by atoms with Crippen LogP contribution in [0.25, 0.3) is 0 Å². The summed E-state index contributed by atoms with van der Waals surface area (Å²) in [6.45, 7) is 1.07. The molecule has 100 valence electrons. The first-order valence-corrected chi connectivity index (χ1v) is 6.32. The third-order valence-corrected chi connectivity index (χ3v) is 3.93. The van der Waals surface area contributed by atoms with Gasteiger partial charge < -0.3 is 14.4 Å². The van der Waals surface area contributed by atoms with Gasteiger partial charge in [0.2, 0.25) is 0 Å². The van der Waals surface area contributed by atoms with Crippen molar-refractivity contribution in [2.24, 2.45) is 0 Å². The van der Waals surface area contributed by atoms with Crippen LogP contribution in [0, 0.1) is 0 Å². The van der Waals surface area contributed by atoms with E-state index in [1.165, 1.54) is 7.11 Å². The number of piperidine rings is 1. The van der Waals surface area contributed by atoms with Crippen LogP contribution < -0.4 is 0 Å². The first-order valence-electron chi connectivity index (χ1n) is 6.32. The van der Waals surface area contributed by atoms with E-state index in [4.69, 9.17) is 9.47 Å². The number of carbonyl (C=O) groups excluding carboxylic acids is 2. The third kappa shape index (κ3) is 1.77. The zero-order valence-corrected chi connectivity index (χ0v) is 10.7. The molecule has 0 saturated carbocycles.